The van der Waals surface area contributed by atoms with Gasteiger partial charge in [0, 0.05) is 37.1 Å². The van der Waals surface area contributed by atoms with E-state index in [1.807, 2.05) is 23.9 Å². The average Bonchev–Trinajstić information content (AvgIpc) is 3.16. The van der Waals surface area contributed by atoms with Gasteiger partial charge in [-0.1, -0.05) is 6.42 Å². The van der Waals surface area contributed by atoms with E-state index in [1.54, 1.807) is 16.8 Å². The van der Waals surface area contributed by atoms with Crippen LogP contribution in [0.3, 0.4) is 0 Å². The first kappa shape index (κ1) is 15.8. The Kier molecular flexibility index (Phi) is 3.99. The van der Waals surface area contributed by atoms with Crippen molar-refractivity contribution in [2.45, 2.75) is 39.7 Å². The second-order valence-corrected chi connectivity index (χ2v) is 6.62. The minimum atomic E-state index is -0.135. The summed E-state index contributed by atoms with van der Waals surface area (Å²) in [4.78, 5) is 16.7. The summed E-state index contributed by atoms with van der Waals surface area (Å²) in [6, 6.07) is 3.64. The molecule has 7 heteroatoms. The predicted molar refractivity (Wildman–Crippen MR) is 94.3 cm³/mol. The molecule has 0 aromatic carbocycles. The first-order valence-electron chi connectivity index (χ1n) is 8.83. The fourth-order valence-corrected chi connectivity index (χ4v) is 3.17. The van der Waals surface area contributed by atoms with E-state index in [0.717, 1.165) is 30.0 Å². The highest BCUT2D eigenvalue weighted by Crippen LogP contribution is 2.25. The van der Waals surface area contributed by atoms with Crippen LogP contribution in [0.25, 0.3) is 16.9 Å². The Morgan fingerprint density at radius 2 is 2.20 bits per heavy atom. The quantitative estimate of drug-likeness (QED) is 0.775. The molecule has 3 aromatic rings. The van der Waals surface area contributed by atoms with Crippen molar-refractivity contribution < 1.29 is 4.79 Å². The van der Waals surface area contributed by atoms with E-state index >= 15 is 0 Å². The van der Waals surface area contributed by atoms with Crippen LogP contribution in [-0.4, -0.2) is 36.8 Å². The van der Waals surface area contributed by atoms with Crippen LogP contribution < -0.4 is 5.32 Å². The van der Waals surface area contributed by atoms with E-state index in [4.69, 9.17) is 0 Å². The van der Waals surface area contributed by atoms with E-state index in [0.29, 0.717) is 17.3 Å². The van der Waals surface area contributed by atoms with Crippen LogP contribution in [0.5, 0.6) is 0 Å². The standard InChI is InChI=1S/C18H22N6O/c1-3-23-11-14(12(2)21-23)16-7-8-19-17-9-15(22-24(16)17)18(25)20-10-13-5-4-6-13/h7-9,11,13H,3-6,10H2,1-2H3,(H,20,25). The summed E-state index contributed by atoms with van der Waals surface area (Å²) in [5.74, 6) is 0.488. The van der Waals surface area contributed by atoms with Gasteiger partial charge in [0.15, 0.2) is 11.3 Å². The number of hydrogen-bond acceptors (Lipinski definition) is 4. The Bertz CT molecular complexity index is 921. The van der Waals surface area contributed by atoms with Crippen LogP contribution in [-0.2, 0) is 6.54 Å². The molecule has 7 nitrogen and oxygen atoms in total. The van der Waals surface area contributed by atoms with Crippen molar-refractivity contribution in [2.24, 2.45) is 5.92 Å². The number of nitrogens with zero attached hydrogens (tertiary/aromatic N) is 5. The van der Waals surface area contributed by atoms with Crippen molar-refractivity contribution in [1.29, 1.82) is 0 Å². The molecule has 1 amide bonds. The summed E-state index contributed by atoms with van der Waals surface area (Å²) < 4.78 is 3.62. The summed E-state index contributed by atoms with van der Waals surface area (Å²) in [6.07, 6.45) is 7.43. The zero-order chi connectivity index (χ0) is 17.4. The lowest BCUT2D eigenvalue weighted by molar-refractivity contribution is 0.0934. The number of nitrogens with one attached hydrogen (secondary N) is 1. The van der Waals surface area contributed by atoms with Gasteiger partial charge >= 0.3 is 0 Å². The molecule has 0 radical (unpaired) electrons. The van der Waals surface area contributed by atoms with Crippen molar-refractivity contribution in [2.75, 3.05) is 6.54 Å². The van der Waals surface area contributed by atoms with Gasteiger partial charge in [-0.3, -0.25) is 9.48 Å². The molecular formula is C18H22N6O. The van der Waals surface area contributed by atoms with Gasteiger partial charge in [0.1, 0.15) is 0 Å². The van der Waals surface area contributed by atoms with Gasteiger partial charge in [-0.2, -0.15) is 10.2 Å². The Hall–Kier alpha value is -2.70. The zero-order valence-corrected chi connectivity index (χ0v) is 14.6. The van der Waals surface area contributed by atoms with Crippen LogP contribution in [0, 0.1) is 12.8 Å². The van der Waals surface area contributed by atoms with Gasteiger partial charge in [-0.15, -0.1) is 0 Å². The Morgan fingerprint density at radius 3 is 2.88 bits per heavy atom. The molecule has 130 valence electrons. The monoisotopic (exact) mass is 338 g/mol. The molecule has 3 heterocycles. The average molecular weight is 338 g/mol. The molecular weight excluding hydrogens is 316 g/mol. The number of carbonyl (C=O) groups is 1. The van der Waals surface area contributed by atoms with Gasteiger partial charge in [-0.05, 0) is 38.7 Å². The van der Waals surface area contributed by atoms with E-state index in [-0.39, 0.29) is 5.91 Å². The number of aryl methyl sites for hydroxylation is 2. The molecule has 0 aliphatic heterocycles. The van der Waals surface area contributed by atoms with E-state index in [9.17, 15) is 4.79 Å². The molecule has 1 aliphatic carbocycles. The third-order valence-electron chi connectivity index (χ3n) is 4.91. The molecule has 0 spiro atoms. The summed E-state index contributed by atoms with van der Waals surface area (Å²) in [5.41, 5.74) is 3.88. The van der Waals surface area contributed by atoms with Crippen LogP contribution >= 0.6 is 0 Å². The van der Waals surface area contributed by atoms with Crippen LogP contribution in [0.15, 0.2) is 24.5 Å². The first-order valence-corrected chi connectivity index (χ1v) is 8.83. The molecule has 0 unspecified atom stereocenters. The molecule has 3 aromatic heterocycles. The number of carbonyl (C=O) groups excluding carboxylic acids is 1. The molecule has 25 heavy (non-hydrogen) atoms. The molecule has 1 N–H and O–H groups in total. The first-order chi connectivity index (χ1) is 12.2. The molecule has 0 bridgehead atoms. The van der Waals surface area contributed by atoms with Crippen LogP contribution in [0.1, 0.15) is 42.4 Å². The van der Waals surface area contributed by atoms with Gasteiger partial charge in [0.25, 0.3) is 5.91 Å². The normalized spacial score (nSPS) is 14.6. The van der Waals surface area contributed by atoms with Crippen molar-refractivity contribution in [3.63, 3.8) is 0 Å². The highest BCUT2D eigenvalue weighted by Gasteiger charge is 2.20. The number of fused-ring (bicyclic) bond motifs is 1. The fourth-order valence-electron chi connectivity index (χ4n) is 3.17. The second-order valence-electron chi connectivity index (χ2n) is 6.62. The maximum absolute atomic E-state index is 12.4. The smallest absolute Gasteiger partial charge is 0.271 e. The summed E-state index contributed by atoms with van der Waals surface area (Å²) in [7, 11) is 0. The molecule has 4 rings (SSSR count). The lowest BCUT2D eigenvalue weighted by Crippen LogP contribution is -2.32. The fraction of sp³-hybridized carbons (Fsp3) is 0.444. The molecule has 1 aliphatic rings. The third kappa shape index (κ3) is 2.90. The second kappa shape index (κ2) is 6.31. The Balaban J connectivity index is 1.66. The van der Waals surface area contributed by atoms with E-state index < -0.39 is 0 Å². The molecule has 1 saturated carbocycles. The lowest BCUT2D eigenvalue weighted by atomic mass is 9.85. The highest BCUT2D eigenvalue weighted by molar-refractivity contribution is 5.93. The number of aromatic nitrogens is 5. The minimum absolute atomic E-state index is 0.135. The summed E-state index contributed by atoms with van der Waals surface area (Å²) in [6.45, 7) is 5.57. The van der Waals surface area contributed by atoms with E-state index in [1.165, 1.54) is 19.3 Å². The summed E-state index contributed by atoms with van der Waals surface area (Å²) in [5, 5.41) is 12.0. The minimum Gasteiger partial charge on any atom is -0.350 e. The number of rotatable bonds is 5. The largest absolute Gasteiger partial charge is 0.350 e. The molecule has 1 fully saturated rings. The third-order valence-corrected chi connectivity index (χ3v) is 4.91. The van der Waals surface area contributed by atoms with Crippen LogP contribution in [0.2, 0.25) is 0 Å². The highest BCUT2D eigenvalue weighted by atomic mass is 16.1. The van der Waals surface area contributed by atoms with Crippen molar-refractivity contribution in [3.05, 3.63) is 35.9 Å². The van der Waals surface area contributed by atoms with Crippen molar-refractivity contribution >= 4 is 11.6 Å². The van der Waals surface area contributed by atoms with E-state index in [2.05, 4.69) is 27.4 Å². The predicted octanol–water partition coefficient (Wildman–Crippen LogP) is 2.45. The summed E-state index contributed by atoms with van der Waals surface area (Å²) >= 11 is 0. The van der Waals surface area contributed by atoms with Crippen molar-refractivity contribution in [3.8, 4) is 11.3 Å². The maximum atomic E-state index is 12.4. The Morgan fingerprint density at radius 1 is 1.36 bits per heavy atom. The SMILES string of the molecule is CCn1cc(-c2ccnc3cc(C(=O)NCC4CCC4)nn23)c(C)n1. The van der Waals surface area contributed by atoms with Gasteiger partial charge < -0.3 is 5.32 Å². The number of amides is 1. The topological polar surface area (TPSA) is 77.1 Å². The zero-order valence-electron chi connectivity index (χ0n) is 14.6. The van der Waals surface area contributed by atoms with Gasteiger partial charge in [0.05, 0.1) is 11.4 Å². The molecule has 0 atom stereocenters. The van der Waals surface area contributed by atoms with Crippen molar-refractivity contribution in [1.82, 2.24) is 29.7 Å². The van der Waals surface area contributed by atoms with Gasteiger partial charge in [-0.25, -0.2) is 9.50 Å². The lowest BCUT2D eigenvalue weighted by Gasteiger charge is -2.25. The van der Waals surface area contributed by atoms with Crippen LogP contribution in [0.4, 0.5) is 0 Å². The maximum Gasteiger partial charge on any atom is 0.271 e. The number of hydrogen-bond donors (Lipinski definition) is 1. The Labute approximate surface area is 146 Å². The molecule has 0 saturated heterocycles. The van der Waals surface area contributed by atoms with Gasteiger partial charge in [0.2, 0.25) is 0 Å².